The summed E-state index contributed by atoms with van der Waals surface area (Å²) in [5, 5.41) is 10.2. The smallest absolute Gasteiger partial charge is 0.405 e. The molecule has 0 radical (unpaired) electrons. The van der Waals surface area contributed by atoms with Crippen molar-refractivity contribution in [1.29, 1.82) is 0 Å². The second kappa shape index (κ2) is 5.42. The van der Waals surface area contributed by atoms with Crippen LogP contribution in [0.1, 0.15) is 17.2 Å². The first kappa shape index (κ1) is 14.2. The van der Waals surface area contributed by atoms with Gasteiger partial charge in [0.05, 0.1) is 0 Å². The van der Waals surface area contributed by atoms with Gasteiger partial charge in [-0.25, -0.2) is 0 Å². The maximum atomic E-state index is 12.3. The standard InChI is InChI=1S/C14H12F3NO2/c15-14(16,17)20-12-4-2-1-3-11(12)13(19)9-5-7-10(18)8-6-9/h1-8,13,19H,18H2. The monoisotopic (exact) mass is 283 g/mol. The number of nitrogen functional groups attached to an aromatic ring is 1. The molecule has 0 amide bonds. The van der Waals surface area contributed by atoms with Gasteiger partial charge in [0.1, 0.15) is 11.9 Å². The second-order valence-corrected chi connectivity index (χ2v) is 4.15. The summed E-state index contributed by atoms with van der Waals surface area (Å²) in [6.45, 7) is 0. The molecule has 20 heavy (non-hydrogen) atoms. The Morgan fingerprint density at radius 3 is 2.20 bits per heavy atom. The number of aliphatic hydroxyl groups is 1. The summed E-state index contributed by atoms with van der Waals surface area (Å²) in [4.78, 5) is 0. The van der Waals surface area contributed by atoms with Gasteiger partial charge in [0.2, 0.25) is 0 Å². The SMILES string of the molecule is Nc1ccc(C(O)c2ccccc2OC(F)(F)F)cc1. The molecule has 1 unspecified atom stereocenters. The fourth-order valence-corrected chi connectivity index (χ4v) is 1.78. The average Bonchev–Trinajstić information content (AvgIpc) is 2.37. The zero-order chi connectivity index (χ0) is 14.8. The number of para-hydroxylation sites is 1. The zero-order valence-electron chi connectivity index (χ0n) is 10.3. The summed E-state index contributed by atoms with van der Waals surface area (Å²) in [7, 11) is 0. The van der Waals surface area contributed by atoms with Gasteiger partial charge < -0.3 is 15.6 Å². The lowest BCUT2D eigenvalue weighted by molar-refractivity contribution is -0.275. The molecule has 1 atom stereocenters. The van der Waals surface area contributed by atoms with Crippen LogP contribution in [0.2, 0.25) is 0 Å². The predicted molar refractivity (Wildman–Crippen MR) is 68.0 cm³/mol. The molecule has 0 bridgehead atoms. The molecule has 0 saturated heterocycles. The fourth-order valence-electron chi connectivity index (χ4n) is 1.78. The number of halogens is 3. The number of hydrogen-bond acceptors (Lipinski definition) is 3. The molecule has 106 valence electrons. The van der Waals surface area contributed by atoms with E-state index in [9.17, 15) is 18.3 Å². The molecule has 2 aromatic carbocycles. The van der Waals surface area contributed by atoms with Gasteiger partial charge in [-0.05, 0) is 23.8 Å². The average molecular weight is 283 g/mol. The van der Waals surface area contributed by atoms with Gasteiger partial charge in [-0.2, -0.15) is 0 Å². The maximum absolute atomic E-state index is 12.3. The Hall–Kier alpha value is -2.21. The van der Waals surface area contributed by atoms with E-state index in [-0.39, 0.29) is 5.56 Å². The van der Waals surface area contributed by atoms with E-state index < -0.39 is 18.2 Å². The minimum atomic E-state index is -4.81. The first-order chi connectivity index (χ1) is 9.37. The molecule has 0 aromatic heterocycles. The fraction of sp³-hybridized carbons (Fsp3) is 0.143. The third-order valence-corrected chi connectivity index (χ3v) is 2.69. The summed E-state index contributed by atoms with van der Waals surface area (Å²) in [6, 6.07) is 11.7. The maximum Gasteiger partial charge on any atom is 0.573 e. The quantitative estimate of drug-likeness (QED) is 0.850. The van der Waals surface area contributed by atoms with Crippen LogP contribution < -0.4 is 10.5 Å². The number of alkyl halides is 3. The minimum Gasteiger partial charge on any atom is -0.405 e. The molecule has 0 fully saturated rings. The van der Waals surface area contributed by atoms with Crippen molar-refractivity contribution in [2.75, 3.05) is 5.73 Å². The molecule has 2 aromatic rings. The molecule has 3 N–H and O–H groups in total. The zero-order valence-corrected chi connectivity index (χ0v) is 10.3. The van der Waals surface area contributed by atoms with E-state index in [2.05, 4.69) is 4.74 Å². The van der Waals surface area contributed by atoms with E-state index in [0.29, 0.717) is 11.3 Å². The third kappa shape index (κ3) is 3.42. The van der Waals surface area contributed by atoms with Gasteiger partial charge in [-0.3, -0.25) is 0 Å². The van der Waals surface area contributed by atoms with Crippen LogP contribution in [0.15, 0.2) is 48.5 Å². The Morgan fingerprint density at radius 1 is 1.00 bits per heavy atom. The Labute approximate surface area is 113 Å². The Balaban J connectivity index is 2.34. The molecule has 0 heterocycles. The Morgan fingerprint density at radius 2 is 1.60 bits per heavy atom. The molecule has 0 spiro atoms. The summed E-state index contributed by atoms with van der Waals surface area (Å²) >= 11 is 0. The van der Waals surface area contributed by atoms with Crippen molar-refractivity contribution in [2.45, 2.75) is 12.5 Å². The van der Waals surface area contributed by atoms with Crippen LogP contribution in [0.5, 0.6) is 5.75 Å². The Kier molecular flexibility index (Phi) is 3.85. The van der Waals surface area contributed by atoms with Gasteiger partial charge in [-0.15, -0.1) is 13.2 Å². The molecule has 2 rings (SSSR count). The number of ether oxygens (including phenoxy) is 1. The summed E-state index contributed by atoms with van der Waals surface area (Å²) in [5.74, 6) is -0.427. The number of aliphatic hydroxyl groups excluding tert-OH is 1. The highest BCUT2D eigenvalue weighted by Crippen LogP contribution is 2.33. The topological polar surface area (TPSA) is 55.5 Å². The van der Waals surface area contributed by atoms with Crippen molar-refractivity contribution in [3.8, 4) is 5.75 Å². The molecular weight excluding hydrogens is 271 g/mol. The lowest BCUT2D eigenvalue weighted by Crippen LogP contribution is -2.18. The second-order valence-electron chi connectivity index (χ2n) is 4.15. The van der Waals surface area contributed by atoms with Crippen molar-refractivity contribution in [1.82, 2.24) is 0 Å². The minimum absolute atomic E-state index is 0.0367. The van der Waals surface area contributed by atoms with Crippen LogP contribution >= 0.6 is 0 Å². The summed E-state index contributed by atoms with van der Waals surface area (Å²) in [6.07, 6.45) is -6.04. The van der Waals surface area contributed by atoms with E-state index in [0.717, 1.165) is 6.07 Å². The highest BCUT2D eigenvalue weighted by atomic mass is 19.4. The number of nitrogens with two attached hydrogens (primary N) is 1. The van der Waals surface area contributed by atoms with E-state index in [1.54, 1.807) is 24.3 Å². The van der Waals surface area contributed by atoms with E-state index >= 15 is 0 Å². The molecule has 0 saturated carbocycles. The van der Waals surface area contributed by atoms with Crippen molar-refractivity contribution >= 4 is 5.69 Å². The number of rotatable bonds is 3. The largest absolute Gasteiger partial charge is 0.573 e. The van der Waals surface area contributed by atoms with Crippen LogP contribution in [0.3, 0.4) is 0 Å². The first-order valence-corrected chi connectivity index (χ1v) is 5.75. The molecule has 0 aliphatic heterocycles. The predicted octanol–water partition coefficient (Wildman–Crippen LogP) is 3.25. The third-order valence-electron chi connectivity index (χ3n) is 2.69. The lowest BCUT2D eigenvalue weighted by Gasteiger charge is -2.17. The van der Waals surface area contributed by atoms with Crippen LogP contribution in [0.25, 0.3) is 0 Å². The van der Waals surface area contributed by atoms with E-state index in [1.807, 2.05) is 0 Å². The van der Waals surface area contributed by atoms with E-state index in [4.69, 9.17) is 5.73 Å². The lowest BCUT2D eigenvalue weighted by atomic mass is 10.0. The molecule has 0 aliphatic carbocycles. The van der Waals surface area contributed by atoms with Crippen molar-refractivity contribution in [2.24, 2.45) is 0 Å². The Bertz CT molecular complexity index is 582. The van der Waals surface area contributed by atoms with Gasteiger partial charge in [-0.1, -0.05) is 30.3 Å². The normalized spacial score (nSPS) is 13.0. The molecular formula is C14H12F3NO2. The van der Waals surface area contributed by atoms with Crippen LogP contribution in [0.4, 0.5) is 18.9 Å². The van der Waals surface area contributed by atoms with Gasteiger partial charge in [0.15, 0.2) is 0 Å². The van der Waals surface area contributed by atoms with Gasteiger partial charge in [0, 0.05) is 11.3 Å². The van der Waals surface area contributed by atoms with Crippen LogP contribution in [-0.2, 0) is 0 Å². The van der Waals surface area contributed by atoms with Crippen molar-refractivity contribution in [3.05, 3.63) is 59.7 Å². The highest BCUT2D eigenvalue weighted by molar-refractivity contribution is 5.44. The van der Waals surface area contributed by atoms with Gasteiger partial charge in [0.25, 0.3) is 0 Å². The summed E-state index contributed by atoms with van der Waals surface area (Å²) in [5.41, 5.74) is 6.49. The van der Waals surface area contributed by atoms with E-state index in [1.165, 1.54) is 18.2 Å². The molecule has 3 nitrogen and oxygen atoms in total. The van der Waals surface area contributed by atoms with Crippen molar-refractivity contribution in [3.63, 3.8) is 0 Å². The number of hydrogen-bond donors (Lipinski definition) is 2. The first-order valence-electron chi connectivity index (χ1n) is 5.75. The molecule has 6 heteroatoms. The highest BCUT2D eigenvalue weighted by Gasteiger charge is 2.32. The van der Waals surface area contributed by atoms with Crippen molar-refractivity contribution < 1.29 is 23.0 Å². The van der Waals surface area contributed by atoms with Crippen LogP contribution in [0, 0.1) is 0 Å². The number of anilines is 1. The summed E-state index contributed by atoms with van der Waals surface area (Å²) < 4.78 is 40.9. The van der Waals surface area contributed by atoms with Crippen LogP contribution in [-0.4, -0.2) is 11.5 Å². The number of benzene rings is 2. The molecule has 0 aliphatic rings. The van der Waals surface area contributed by atoms with Gasteiger partial charge >= 0.3 is 6.36 Å².